The number of nitrogens with one attached hydrogen (secondary N) is 3. The van der Waals surface area contributed by atoms with Crippen molar-refractivity contribution in [3.8, 4) is 5.69 Å². The summed E-state index contributed by atoms with van der Waals surface area (Å²) in [6.45, 7) is 2.12. The maximum absolute atomic E-state index is 12.1. The number of rotatable bonds is 4. The van der Waals surface area contributed by atoms with E-state index in [-0.39, 0.29) is 12.2 Å². The van der Waals surface area contributed by atoms with Crippen LogP contribution in [0.2, 0.25) is 0 Å². The molecule has 0 saturated heterocycles. The van der Waals surface area contributed by atoms with E-state index in [1.165, 1.54) is 0 Å². The average molecular weight is 325 g/mol. The zero-order chi connectivity index (χ0) is 17.1. The van der Waals surface area contributed by atoms with Crippen LogP contribution in [-0.2, 0) is 6.54 Å². The quantitative estimate of drug-likeness (QED) is 0.648. The first kappa shape index (κ1) is 15.5. The Morgan fingerprint density at radius 3 is 2.75 bits per heavy atom. The van der Waals surface area contributed by atoms with E-state index in [2.05, 4.69) is 15.3 Å². The van der Waals surface area contributed by atoms with E-state index in [0.717, 1.165) is 23.1 Å². The number of aromatic nitrogens is 4. The van der Waals surface area contributed by atoms with E-state index in [9.17, 15) is 14.4 Å². The van der Waals surface area contributed by atoms with E-state index < -0.39 is 17.2 Å². The number of aryl methyl sites for hydroxylation is 1. The molecule has 0 saturated carbocycles. The van der Waals surface area contributed by atoms with Gasteiger partial charge in [0.25, 0.3) is 11.5 Å². The minimum absolute atomic E-state index is 0.0833. The van der Waals surface area contributed by atoms with E-state index in [1.54, 1.807) is 6.20 Å². The summed E-state index contributed by atoms with van der Waals surface area (Å²) in [4.78, 5) is 43.1. The molecule has 0 radical (unpaired) electrons. The molecule has 1 aromatic carbocycles. The lowest BCUT2D eigenvalue weighted by molar-refractivity contribution is 0.0945. The van der Waals surface area contributed by atoms with Crippen molar-refractivity contribution in [1.29, 1.82) is 0 Å². The van der Waals surface area contributed by atoms with Gasteiger partial charge in [-0.05, 0) is 18.6 Å². The second-order valence-corrected chi connectivity index (χ2v) is 5.16. The number of amides is 1. The summed E-state index contributed by atoms with van der Waals surface area (Å²) < 4.78 is 1.91. The molecular weight excluding hydrogens is 310 g/mol. The molecule has 3 rings (SSSR count). The van der Waals surface area contributed by atoms with Gasteiger partial charge in [-0.2, -0.15) is 0 Å². The van der Waals surface area contributed by atoms with Crippen LogP contribution in [0.5, 0.6) is 0 Å². The number of carbonyl (C=O) groups excluding carboxylic acids is 1. The van der Waals surface area contributed by atoms with Gasteiger partial charge in [0.2, 0.25) is 0 Å². The minimum atomic E-state index is -0.720. The Morgan fingerprint density at radius 2 is 2.04 bits per heavy atom. The van der Waals surface area contributed by atoms with Crippen LogP contribution in [0.15, 0.2) is 52.3 Å². The number of aromatic amines is 2. The van der Waals surface area contributed by atoms with Gasteiger partial charge in [0, 0.05) is 25.0 Å². The molecule has 2 heterocycles. The van der Waals surface area contributed by atoms with Crippen LogP contribution in [0.3, 0.4) is 0 Å². The van der Waals surface area contributed by atoms with Gasteiger partial charge in [0.1, 0.15) is 11.5 Å². The summed E-state index contributed by atoms with van der Waals surface area (Å²) in [5, 5.41) is 2.70. The van der Waals surface area contributed by atoms with Crippen LogP contribution in [0.1, 0.15) is 21.9 Å². The SMILES string of the molecule is Cc1nccn1-c1ccccc1CNC(=O)c1cc(=O)[nH]c(=O)[nH]1. The third kappa shape index (κ3) is 3.17. The number of hydrogen-bond acceptors (Lipinski definition) is 4. The number of nitrogens with zero attached hydrogens (tertiary/aromatic N) is 2. The number of benzene rings is 1. The minimum Gasteiger partial charge on any atom is -0.347 e. The number of H-pyrrole nitrogens is 2. The van der Waals surface area contributed by atoms with E-state index in [1.807, 2.05) is 46.9 Å². The summed E-state index contributed by atoms with van der Waals surface area (Å²) in [6.07, 6.45) is 3.54. The molecule has 0 aliphatic heterocycles. The van der Waals surface area contributed by atoms with Crippen LogP contribution in [-0.4, -0.2) is 25.4 Å². The molecule has 122 valence electrons. The summed E-state index contributed by atoms with van der Waals surface area (Å²) in [7, 11) is 0. The van der Waals surface area contributed by atoms with Crippen LogP contribution in [0.4, 0.5) is 0 Å². The molecule has 0 bridgehead atoms. The summed E-state index contributed by atoms with van der Waals surface area (Å²) >= 11 is 0. The largest absolute Gasteiger partial charge is 0.347 e. The molecule has 0 fully saturated rings. The molecule has 0 aliphatic rings. The van der Waals surface area contributed by atoms with Crippen molar-refractivity contribution in [2.75, 3.05) is 0 Å². The van der Waals surface area contributed by atoms with Crippen LogP contribution in [0, 0.1) is 6.92 Å². The molecule has 1 amide bonds. The van der Waals surface area contributed by atoms with Gasteiger partial charge in [-0.1, -0.05) is 18.2 Å². The van der Waals surface area contributed by atoms with Gasteiger partial charge in [-0.25, -0.2) is 9.78 Å². The fourth-order valence-corrected chi connectivity index (χ4v) is 2.39. The summed E-state index contributed by atoms with van der Waals surface area (Å²) in [5.41, 5.74) is 0.340. The van der Waals surface area contributed by atoms with Gasteiger partial charge >= 0.3 is 5.69 Å². The van der Waals surface area contributed by atoms with Gasteiger partial charge in [0.15, 0.2) is 0 Å². The van der Waals surface area contributed by atoms with Crippen LogP contribution >= 0.6 is 0 Å². The first-order chi connectivity index (χ1) is 11.5. The lowest BCUT2D eigenvalue weighted by Gasteiger charge is -2.12. The zero-order valence-corrected chi connectivity index (χ0v) is 12.9. The molecular formula is C16H15N5O3. The molecule has 8 nitrogen and oxygen atoms in total. The topological polar surface area (TPSA) is 113 Å². The molecule has 0 spiro atoms. The maximum atomic E-state index is 12.1. The van der Waals surface area contributed by atoms with Crippen molar-refractivity contribution >= 4 is 5.91 Å². The van der Waals surface area contributed by atoms with Gasteiger partial charge < -0.3 is 14.9 Å². The standard InChI is InChI=1S/C16H15N5O3/c1-10-17-6-7-21(10)13-5-3-2-4-11(13)9-18-15(23)12-8-14(22)20-16(24)19-12/h2-8H,9H2,1H3,(H,18,23)(H2,19,20,22,24). The first-order valence-corrected chi connectivity index (χ1v) is 7.24. The van der Waals surface area contributed by atoms with Crippen molar-refractivity contribution in [2.45, 2.75) is 13.5 Å². The molecule has 8 heteroatoms. The molecule has 0 aliphatic carbocycles. The lowest BCUT2D eigenvalue weighted by Crippen LogP contribution is -2.30. The number of imidazole rings is 1. The monoisotopic (exact) mass is 325 g/mol. The molecule has 24 heavy (non-hydrogen) atoms. The maximum Gasteiger partial charge on any atom is 0.326 e. The number of carbonyl (C=O) groups is 1. The highest BCUT2D eigenvalue weighted by atomic mass is 16.2. The Balaban J connectivity index is 1.83. The highest BCUT2D eigenvalue weighted by molar-refractivity contribution is 5.92. The van der Waals surface area contributed by atoms with Crippen molar-refractivity contribution in [3.63, 3.8) is 0 Å². The second kappa shape index (κ2) is 6.37. The molecule has 3 aromatic rings. The van der Waals surface area contributed by atoms with E-state index >= 15 is 0 Å². The highest BCUT2D eigenvalue weighted by Gasteiger charge is 2.10. The van der Waals surface area contributed by atoms with Crippen molar-refractivity contribution < 1.29 is 4.79 Å². The zero-order valence-electron chi connectivity index (χ0n) is 12.9. The molecule has 0 atom stereocenters. The number of para-hydroxylation sites is 1. The van der Waals surface area contributed by atoms with Gasteiger partial charge in [-0.15, -0.1) is 0 Å². The Morgan fingerprint density at radius 1 is 1.25 bits per heavy atom. The van der Waals surface area contributed by atoms with Gasteiger partial charge in [0.05, 0.1) is 5.69 Å². The normalized spacial score (nSPS) is 10.5. The fourth-order valence-electron chi connectivity index (χ4n) is 2.39. The second-order valence-electron chi connectivity index (χ2n) is 5.16. The predicted molar refractivity (Wildman–Crippen MR) is 87.2 cm³/mol. The Bertz CT molecular complexity index is 971. The lowest BCUT2D eigenvalue weighted by atomic mass is 10.1. The van der Waals surface area contributed by atoms with Crippen molar-refractivity contribution in [1.82, 2.24) is 24.8 Å². The third-order valence-corrected chi connectivity index (χ3v) is 3.52. The van der Waals surface area contributed by atoms with Crippen molar-refractivity contribution in [3.05, 3.63) is 80.6 Å². The smallest absolute Gasteiger partial charge is 0.326 e. The third-order valence-electron chi connectivity index (χ3n) is 3.52. The Kier molecular flexibility index (Phi) is 4.11. The molecule has 2 aromatic heterocycles. The van der Waals surface area contributed by atoms with Crippen LogP contribution in [0.25, 0.3) is 5.69 Å². The first-order valence-electron chi connectivity index (χ1n) is 7.24. The summed E-state index contributed by atoms with van der Waals surface area (Å²) in [5.74, 6) is 0.294. The van der Waals surface area contributed by atoms with E-state index in [4.69, 9.17) is 0 Å². The fraction of sp³-hybridized carbons (Fsp3) is 0.125. The summed E-state index contributed by atoms with van der Waals surface area (Å²) in [6, 6.07) is 8.62. The van der Waals surface area contributed by atoms with E-state index in [0.29, 0.717) is 0 Å². The highest BCUT2D eigenvalue weighted by Crippen LogP contribution is 2.16. The molecule has 0 unspecified atom stereocenters. The predicted octanol–water partition coefficient (Wildman–Crippen LogP) is 0.487. The van der Waals surface area contributed by atoms with Gasteiger partial charge in [-0.3, -0.25) is 14.6 Å². The van der Waals surface area contributed by atoms with Crippen LogP contribution < -0.4 is 16.6 Å². The average Bonchev–Trinajstić information content (AvgIpc) is 2.98. The number of hydrogen-bond donors (Lipinski definition) is 3. The molecule has 3 N–H and O–H groups in total. The Hall–Kier alpha value is -3.42. The Labute approximate surface area is 136 Å². The van der Waals surface area contributed by atoms with Crippen molar-refractivity contribution in [2.24, 2.45) is 0 Å².